The average Bonchev–Trinajstić information content (AvgIpc) is 2.62. The Bertz CT molecular complexity index is 358. The van der Waals surface area contributed by atoms with E-state index in [1.165, 1.54) is 10.9 Å². The van der Waals surface area contributed by atoms with Crippen molar-refractivity contribution in [2.24, 2.45) is 7.05 Å². The molecule has 3 N–H and O–H groups in total. The number of aliphatic hydroxyl groups excluding tert-OH is 1. The van der Waals surface area contributed by atoms with Gasteiger partial charge in [-0.2, -0.15) is 5.10 Å². The van der Waals surface area contributed by atoms with Crippen molar-refractivity contribution in [3.8, 4) is 0 Å². The highest BCUT2D eigenvalue weighted by Gasteiger charge is 2.15. The van der Waals surface area contributed by atoms with Gasteiger partial charge < -0.3 is 15.5 Å². The molecular formula is C10H17N3O3. The molecule has 0 saturated carbocycles. The Kier molecular flexibility index (Phi) is 4.45. The van der Waals surface area contributed by atoms with Crippen LogP contribution in [0.25, 0.3) is 0 Å². The molecule has 0 radical (unpaired) electrons. The Morgan fingerprint density at radius 3 is 2.88 bits per heavy atom. The van der Waals surface area contributed by atoms with E-state index in [1.54, 1.807) is 7.05 Å². The maximum Gasteiger partial charge on any atom is 0.339 e. The molecule has 1 aromatic heterocycles. The third-order valence-electron chi connectivity index (χ3n) is 2.56. The first-order valence-electron chi connectivity index (χ1n) is 5.18. The molecule has 6 heteroatoms. The summed E-state index contributed by atoms with van der Waals surface area (Å²) < 4.78 is 1.53. The number of hydrogen-bond donors (Lipinski definition) is 3. The van der Waals surface area contributed by atoms with E-state index in [9.17, 15) is 4.79 Å². The van der Waals surface area contributed by atoms with Crippen molar-refractivity contribution >= 4 is 5.97 Å². The van der Waals surface area contributed by atoms with E-state index in [-0.39, 0.29) is 18.2 Å². The molecule has 0 aromatic carbocycles. The summed E-state index contributed by atoms with van der Waals surface area (Å²) >= 11 is 0. The van der Waals surface area contributed by atoms with Gasteiger partial charge in [0.25, 0.3) is 0 Å². The number of nitrogens with one attached hydrogen (secondary N) is 1. The lowest BCUT2D eigenvalue weighted by atomic mass is 10.2. The zero-order chi connectivity index (χ0) is 12.1. The van der Waals surface area contributed by atoms with Crippen LogP contribution in [0.3, 0.4) is 0 Å². The van der Waals surface area contributed by atoms with Crippen LogP contribution in [0.15, 0.2) is 6.20 Å². The maximum atomic E-state index is 10.9. The van der Waals surface area contributed by atoms with Gasteiger partial charge in [-0.15, -0.1) is 0 Å². The zero-order valence-electron chi connectivity index (χ0n) is 9.47. The maximum absolute atomic E-state index is 10.9. The average molecular weight is 227 g/mol. The van der Waals surface area contributed by atoms with Crippen molar-refractivity contribution in [2.45, 2.75) is 25.9 Å². The molecule has 0 bridgehead atoms. The van der Waals surface area contributed by atoms with Crippen molar-refractivity contribution in [2.75, 3.05) is 6.61 Å². The molecular weight excluding hydrogens is 210 g/mol. The summed E-state index contributed by atoms with van der Waals surface area (Å²) in [6.07, 6.45) is 2.12. The number of rotatable bonds is 6. The molecule has 1 atom stereocenters. The Labute approximate surface area is 93.9 Å². The van der Waals surface area contributed by atoms with Crippen LogP contribution in [-0.2, 0) is 13.6 Å². The molecule has 16 heavy (non-hydrogen) atoms. The second-order valence-electron chi connectivity index (χ2n) is 3.60. The highest BCUT2D eigenvalue weighted by molar-refractivity contribution is 5.88. The summed E-state index contributed by atoms with van der Waals surface area (Å²) in [5, 5.41) is 24.9. The van der Waals surface area contributed by atoms with Crippen molar-refractivity contribution in [1.29, 1.82) is 0 Å². The Hall–Kier alpha value is -1.40. The lowest BCUT2D eigenvalue weighted by Gasteiger charge is -2.14. The molecule has 1 unspecified atom stereocenters. The van der Waals surface area contributed by atoms with Crippen LogP contribution in [0.2, 0.25) is 0 Å². The van der Waals surface area contributed by atoms with Gasteiger partial charge in [0.05, 0.1) is 18.5 Å². The topological polar surface area (TPSA) is 87.4 Å². The van der Waals surface area contributed by atoms with E-state index in [4.69, 9.17) is 10.2 Å². The predicted octanol–water partition coefficient (Wildman–Crippen LogP) is -0.0212. The minimum Gasteiger partial charge on any atom is -0.478 e. The largest absolute Gasteiger partial charge is 0.478 e. The van der Waals surface area contributed by atoms with Gasteiger partial charge in [-0.25, -0.2) is 4.79 Å². The number of aromatic nitrogens is 2. The Morgan fingerprint density at radius 2 is 2.38 bits per heavy atom. The first-order chi connectivity index (χ1) is 7.60. The fourth-order valence-corrected chi connectivity index (χ4v) is 1.43. The summed E-state index contributed by atoms with van der Waals surface area (Å²) in [5.74, 6) is -0.984. The molecule has 0 aliphatic rings. The predicted molar refractivity (Wildman–Crippen MR) is 58.2 cm³/mol. The quantitative estimate of drug-likeness (QED) is 0.635. The fourth-order valence-electron chi connectivity index (χ4n) is 1.43. The minimum absolute atomic E-state index is 0.0171. The van der Waals surface area contributed by atoms with Gasteiger partial charge in [0.1, 0.15) is 5.56 Å². The molecule has 1 aromatic rings. The third-order valence-corrected chi connectivity index (χ3v) is 2.56. The molecule has 6 nitrogen and oxygen atoms in total. The molecule has 0 amide bonds. The summed E-state index contributed by atoms with van der Waals surface area (Å²) in [4.78, 5) is 10.9. The monoisotopic (exact) mass is 227 g/mol. The standard InChI is InChI=1S/C10H17N3O3/c1-3-7(6-14)11-5-9-8(10(15)16)4-12-13(9)2/h4,7,11,14H,3,5-6H2,1-2H3,(H,15,16). The van der Waals surface area contributed by atoms with E-state index in [0.29, 0.717) is 12.2 Å². The smallest absolute Gasteiger partial charge is 0.339 e. The normalized spacial score (nSPS) is 12.7. The summed E-state index contributed by atoms with van der Waals surface area (Å²) in [6.45, 7) is 2.38. The van der Waals surface area contributed by atoms with Crippen LogP contribution in [0, 0.1) is 0 Å². The third kappa shape index (κ3) is 2.80. The Morgan fingerprint density at radius 1 is 1.69 bits per heavy atom. The van der Waals surface area contributed by atoms with Crippen molar-refractivity contribution in [1.82, 2.24) is 15.1 Å². The first-order valence-corrected chi connectivity index (χ1v) is 5.18. The number of nitrogens with zero attached hydrogens (tertiary/aromatic N) is 2. The summed E-state index contributed by atoms with van der Waals surface area (Å²) in [7, 11) is 1.70. The number of hydrogen-bond acceptors (Lipinski definition) is 4. The van der Waals surface area contributed by atoms with Crippen LogP contribution >= 0.6 is 0 Å². The highest BCUT2D eigenvalue weighted by atomic mass is 16.4. The van der Waals surface area contributed by atoms with E-state index < -0.39 is 5.97 Å². The van der Waals surface area contributed by atoms with Gasteiger partial charge >= 0.3 is 5.97 Å². The fraction of sp³-hybridized carbons (Fsp3) is 0.600. The molecule has 0 saturated heterocycles. The molecule has 0 aliphatic heterocycles. The lowest BCUT2D eigenvalue weighted by Crippen LogP contribution is -2.32. The van der Waals surface area contributed by atoms with Crippen molar-refractivity contribution in [3.05, 3.63) is 17.5 Å². The molecule has 0 fully saturated rings. The minimum atomic E-state index is -0.984. The number of carboxylic acids is 1. The van der Waals surface area contributed by atoms with Crippen molar-refractivity contribution < 1.29 is 15.0 Å². The van der Waals surface area contributed by atoms with Gasteiger partial charge in [-0.3, -0.25) is 4.68 Å². The second kappa shape index (κ2) is 5.62. The number of carbonyl (C=O) groups is 1. The van der Waals surface area contributed by atoms with E-state index in [0.717, 1.165) is 6.42 Å². The second-order valence-corrected chi connectivity index (χ2v) is 3.60. The molecule has 0 aliphatic carbocycles. The van der Waals surface area contributed by atoms with Crippen molar-refractivity contribution in [3.63, 3.8) is 0 Å². The van der Waals surface area contributed by atoms with E-state index >= 15 is 0 Å². The SMILES string of the molecule is CCC(CO)NCc1c(C(=O)O)cnn1C. The zero-order valence-corrected chi connectivity index (χ0v) is 9.47. The van der Waals surface area contributed by atoms with Gasteiger partial charge in [-0.1, -0.05) is 6.92 Å². The van der Waals surface area contributed by atoms with Gasteiger partial charge in [0, 0.05) is 19.6 Å². The van der Waals surface area contributed by atoms with E-state index in [1.807, 2.05) is 6.92 Å². The first kappa shape index (κ1) is 12.7. The van der Waals surface area contributed by atoms with Crippen LogP contribution in [0.4, 0.5) is 0 Å². The summed E-state index contributed by atoms with van der Waals surface area (Å²) in [6, 6.07) is -0.0171. The van der Waals surface area contributed by atoms with Crippen LogP contribution in [0.5, 0.6) is 0 Å². The number of carboxylic acid groups (broad SMARTS) is 1. The lowest BCUT2D eigenvalue weighted by molar-refractivity contribution is 0.0695. The molecule has 1 rings (SSSR count). The summed E-state index contributed by atoms with van der Waals surface area (Å²) in [5.41, 5.74) is 0.808. The Balaban J connectivity index is 2.72. The number of aryl methyl sites for hydroxylation is 1. The van der Waals surface area contributed by atoms with Gasteiger partial charge in [0.15, 0.2) is 0 Å². The molecule has 1 heterocycles. The van der Waals surface area contributed by atoms with Crippen LogP contribution < -0.4 is 5.32 Å². The van der Waals surface area contributed by atoms with Crippen LogP contribution in [-0.4, -0.2) is 38.6 Å². The molecule has 90 valence electrons. The number of aliphatic hydroxyl groups is 1. The van der Waals surface area contributed by atoms with Gasteiger partial charge in [0.2, 0.25) is 0 Å². The van der Waals surface area contributed by atoms with Crippen LogP contribution in [0.1, 0.15) is 29.4 Å². The highest BCUT2D eigenvalue weighted by Crippen LogP contribution is 2.07. The van der Waals surface area contributed by atoms with Gasteiger partial charge in [-0.05, 0) is 6.42 Å². The van der Waals surface area contributed by atoms with E-state index in [2.05, 4.69) is 10.4 Å². The molecule has 0 spiro atoms. The number of aromatic carboxylic acids is 1.